The molecule has 0 bridgehead atoms. The number of rotatable bonds is 10. The Morgan fingerprint density at radius 3 is 2.52 bits per heavy atom. The molecule has 4 nitrogen and oxygen atoms in total. The number of ether oxygens (including phenoxy) is 1. The number of aryl methyl sites for hydroxylation is 1. The van der Waals surface area contributed by atoms with Crippen LogP contribution in [0.5, 0.6) is 5.75 Å². The van der Waals surface area contributed by atoms with E-state index in [2.05, 4.69) is 6.58 Å². The van der Waals surface area contributed by atoms with Crippen molar-refractivity contribution in [2.24, 2.45) is 0 Å². The zero-order valence-electron chi connectivity index (χ0n) is 18.9. The molecule has 170 valence electrons. The molecule has 0 aliphatic rings. The molecule has 0 radical (unpaired) electrons. The molecule has 0 saturated heterocycles. The topological polar surface area (TPSA) is 51.5 Å². The van der Waals surface area contributed by atoms with Gasteiger partial charge in [-0.2, -0.15) is 0 Å². The predicted molar refractivity (Wildman–Crippen MR) is 130 cm³/mol. The predicted octanol–water partition coefficient (Wildman–Crippen LogP) is 6.53. The molecule has 0 aliphatic heterocycles. The summed E-state index contributed by atoms with van der Waals surface area (Å²) in [5.74, 6) is -0.606. The lowest BCUT2D eigenvalue weighted by molar-refractivity contribution is -0.140. The van der Waals surface area contributed by atoms with Crippen LogP contribution in [0.2, 0.25) is 0 Å². The summed E-state index contributed by atoms with van der Waals surface area (Å²) in [7, 11) is 0. The Labute approximate surface area is 194 Å². The van der Waals surface area contributed by atoms with Gasteiger partial charge in [-0.15, -0.1) is 0 Å². The second-order valence-electron chi connectivity index (χ2n) is 7.78. The van der Waals surface area contributed by atoms with Crippen LogP contribution in [0.3, 0.4) is 0 Å². The van der Waals surface area contributed by atoms with Gasteiger partial charge >= 0.3 is 5.97 Å². The number of carbonyl (C=O) groups is 1. The van der Waals surface area contributed by atoms with Crippen LogP contribution < -0.4 is 4.74 Å². The molecule has 1 heterocycles. The Morgan fingerprint density at radius 2 is 1.85 bits per heavy atom. The molecule has 0 fully saturated rings. The molecular weight excluding hydrogens is 417 g/mol. The third-order valence-electron chi connectivity index (χ3n) is 5.42. The lowest BCUT2D eigenvalue weighted by Crippen LogP contribution is -2.23. The molecule has 3 rings (SSSR count). The van der Waals surface area contributed by atoms with Gasteiger partial charge in [-0.3, -0.25) is 0 Å². The first-order valence-electron chi connectivity index (χ1n) is 10.7. The molecule has 1 atom stereocenters. The minimum atomic E-state index is -0.898. The van der Waals surface area contributed by atoms with Gasteiger partial charge in [-0.25, -0.2) is 9.18 Å². The first kappa shape index (κ1) is 23.8. The van der Waals surface area contributed by atoms with E-state index in [4.69, 9.17) is 4.74 Å². The molecule has 0 amide bonds. The third kappa shape index (κ3) is 6.10. The number of halogens is 1. The van der Waals surface area contributed by atoms with Crippen molar-refractivity contribution in [1.82, 2.24) is 4.57 Å². The molecule has 2 aromatic carbocycles. The van der Waals surface area contributed by atoms with Crippen LogP contribution >= 0.6 is 0 Å². The fourth-order valence-electron chi connectivity index (χ4n) is 3.66. The first-order chi connectivity index (χ1) is 15.9. The van der Waals surface area contributed by atoms with Crippen molar-refractivity contribution < 1.29 is 19.0 Å². The molecule has 1 unspecified atom stereocenters. The maximum absolute atomic E-state index is 13.8. The summed E-state index contributed by atoms with van der Waals surface area (Å²) in [6.07, 6.45) is 7.66. The van der Waals surface area contributed by atoms with Crippen LogP contribution in [0.1, 0.15) is 35.5 Å². The zero-order valence-corrected chi connectivity index (χ0v) is 18.9. The van der Waals surface area contributed by atoms with Crippen molar-refractivity contribution in [3.05, 3.63) is 120 Å². The van der Waals surface area contributed by atoms with E-state index >= 15 is 0 Å². The average Bonchev–Trinajstić information content (AvgIpc) is 3.18. The van der Waals surface area contributed by atoms with Crippen molar-refractivity contribution in [1.29, 1.82) is 0 Å². The fraction of sp³-hybridized carbons (Fsp3) is 0.179. The lowest BCUT2D eigenvalue weighted by atomic mass is 10.0. The molecular formula is C28H28FNO3. The van der Waals surface area contributed by atoms with Crippen molar-refractivity contribution in [3.63, 3.8) is 0 Å². The third-order valence-corrected chi connectivity index (χ3v) is 5.42. The SMILES string of the molecule is C=C/C=C\C=C(/C)c1ccc(C)n1C(Cc1ccc(OCc2ccccc2F)cc1)C(=O)O. The molecule has 0 saturated carbocycles. The highest BCUT2D eigenvalue weighted by atomic mass is 19.1. The molecule has 0 spiro atoms. The minimum absolute atomic E-state index is 0.127. The van der Waals surface area contributed by atoms with Gasteiger partial charge in [0.25, 0.3) is 0 Å². The van der Waals surface area contributed by atoms with E-state index in [1.165, 1.54) is 6.07 Å². The number of benzene rings is 2. The Kier molecular flexibility index (Phi) is 8.03. The van der Waals surface area contributed by atoms with E-state index in [9.17, 15) is 14.3 Å². The lowest BCUT2D eigenvalue weighted by Gasteiger charge is -2.21. The van der Waals surface area contributed by atoms with Crippen LogP contribution in [-0.2, 0) is 17.8 Å². The molecule has 3 aromatic rings. The minimum Gasteiger partial charge on any atom is -0.489 e. The molecule has 1 N–H and O–H groups in total. The van der Waals surface area contributed by atoms with Crippen molar-refractivity contribution in [3.8, 4) is 5.75 Å². The summed E-state index contributed by atoms with van der Waals surface area (Å²) >= 11 is 0. The van der Waals surface area contributed by atoms with Crippen LogP contribution in [0.4, 0.5) is 4.39 Å². The van der Waals surface area contributed by atoms with Gasteiger partial charge in [-0.1, -0.05) is 61.2 Å². The number of hydrogen-bond donors (Lipinski definition) is 1. The number of nitrogens with zero attached hydrogens (tertiary/aromatic N) is 1. The fourth-order valence-corrected chi connectivity index (χ4v) is 3.66. The Bertz CT molecular complexity index is 1170. The zero-order chi connectivity index (χ0) is 23.8. The van der Waals surface area contributed by atoms with Crippen LogP contribution in [0, 0.1) is 12.7 Å². The van der Waals surface area contributed by atoms with Gasteiger partial charge in [0.2, 0.25) is 0 Å². The summed E-state index contributed by atoms with van der Waals surface area (Å²) < 4.78 is 21.3. The number of allylic oxidation sites excluding steroid dienone is 5. The Hall–Kier alpha value is -3.86. The summed E-state index contributed by atoms with van der Waals surface area (Å²) in [6.45, 7) is 7.66. The van der Waals surface area contributed by atoms with Crippen molar-refractivity contribution >= 4 is 11.5 Å². The van der Waals surface area contributed by atoms with E-state index in [1.54, 1.807) is 36.4 Å². The van der Waals surface area contributed by atoms with E-state index in [0.29, 0.717) is 17.7 Å². The number of carboxylic acid groups (broad SMARTS) is 1. The number of hydrogen-bond acceptors (Lipinski definition) is 2. The second-order valence-corrected chi connectivity index (χ2v) is 7.78. The highest BCUT2D eigenvalue weighted by Crippen LogP contribution is 2.26. The summed E-state index contributed by atoms with van der Waals surface area (Å²) in [6, 6.07) is 16.9. The van der Waals surface area contributed by atoms with Gasteiger partial charge in [0.15, 0.2) is 0 Å². The largest absolute Gasteiger partial charge is 0.489 e. The molecule has 1 aromatic heterocycles. The average molecular weight is 446 g/mol. The Balaban J connectivity index is 1.77. The van der Waals surface area contributed by atoms with Crippen LogP contribution in [0.15, 0.2) is 91.5 Å². The van der Waals surface area contributed by atoms with Gasteiger partial charge in [-0.05, 0) is 55.3 Å². The van der Waals surface area contributed by atoms with Crippen molar-refractivity contribution in [2.45, 2.75) is 32.9 Å². The number of aromatic nitrogens is 1. The second kappa shape index (κ2) is 11.1. The van der Waals surface area contributed by atoms with E-state index < -0.39 is 12.0 Å². The van der Waals surface area contributed by atoms with Gasteiger partial charge < -0.3 is 14.4 Å². The maximum Gasteiger partial charge on any atom is 0.327 e. The van der Waals surface area contributed by atoms with Crippen LogP contribution in [-0.4, -0.2) is 15.6 Å². The number of aliphatic carboxylic acids is 1. The normalized spacial score (nSPS) is 12.6. The van der Waals surface area contributed by atoms with Gasteiger partial charge in [0, 0.05) is 23.4 Å². The van der Waals surface area contributed by atoms with E-state index in [0.717, 1.165) is 22.5 Å². The highest BCUT2D eigenvalue weighted by molar-refractivity contribution is 5.74. The quantitative estimate of drug-likeness (QED) is 0.361. The Morgan fingerprint density at radius 1 is 1.12 bits per heavy atom. The summed E-state index contributed by atoms with van der Waals surface area (Å²) in [5.41, 5.74) is 4.05. The van der Waals surface area contributed by atoms with Crippen molar-refractivity contribution in [2.75, 3.05) is 0 Å². The van der Waals surface area contributed by atoms with Gasteiger partial charge in [0.1, 0.15) is 24.2 Å². The summed E-state index contributed by atoms with van der Waals surface area (Å²) in [4.78, 5) is 12.2. The van der Waals surface area contributed by atoms with Crippen LogP contribution in [0.25, 0.3) is 5.57 Å². The monoisotopic (exact) mass is 445 g/mol. The maximum atomic E-state index is 13.8. The highest BCUT2D eigenvalue weighted by Gasteiger charge is 2.24. The molecule has 33 heavy (non-hydrogen) atoms. The van der Waals surface area contributed by atoms with Gasteiger partial charge in [0.05, 0.1) is 0 Å². The van der Waals surface area contributed by atoms with E-state index in [-0.39, 0.29) is 12.4 Å². The summed E-state index contributed by atoms with van der Waals surface area (Å²) in [5, 5.41) is 10.0. The first-order valence-corrected chi connectivity index (χ1v) is 10.7. The molecule has 0 aliphatic carbocycles. The smallest absolute Gasteiger partial charge is 0.327 e. The van der Waals surface area contributed by atoms with E-state index in [1.807, 2.05) is 60.9 Å². The standard InChI is InChI=1S/C28H28FNO3/c1-4-5-6-9-20(2)26-17-12-21(3)30(26)27(28(31)32)18-22-13-15-24(16-14-22)33-19-23-10-7-8-11-25(23)29/h4-17,27H,1,18-19H2,2-3H3,(H,31,32)/b6-5-,20-9+. The number of carboxylic acids is 1. The molecule has 5 heteroatoms.